The standard InChI is InChI=1S/C26H34N4O5S/c1-33-23-9-8-21(25(34-2)26(23)35-3)19-30-16-14-29(15-17-30)13-5-11-28-36(31,32)24-7-4-6-20-18-27-12-10-22(20)24/h4,6-10,12,18,28H,5,11,13-17,19H2,1-3H3. The molecule has 1 aliphatic heterocycles. The van der Waals surface area contributed by atoms with E-state index >= 15 is 0 Å². The van der Waals surface area contributed by atoms with E-state index in [1.54, 1.807) is 51.9 Å². The number of hydrogen-bond acceptors (Lipinski definition) is 8. The van der Waals surface area contributed by atoms with Gasteiger partial charge in [0.25, 0.3) is 0 Å². The van der Waals surface area contributed by atoms with Gasteiger partial charge in [0.2, 0.25) is 15.8 Å². The molecule has 1 aromatic heterocycles. The zero-order valence-electron chi connectivity index (χ0n) is 21.1. The summed E-state index contributed by atoms with van der Waals surface area (Å²) in [5, 5.41) is 1.49. The Kier molecular flexibility index (Phi) is 8.63. The van der Waals surface area contributed by atoms with Gasteiger partial charge in [0.1, 0.15) is 0 Å². The summed E-state index contributed by atoms with van der Waals surface area (Å²) in [4.78, 5) is 9.13. The van der Waals surface area contributed by atoms with E-state index in [2.05, 4.69) is 19.5 Å². The predicted molar refractivity (Wildman–Crippen MR) is 139 cm³/mol. The summed E-state index contributed by atoms with van der Waals surface area (Å²) in [7, 11) is 1.28. The summed E-state index contributed by atoms with van der Waals surface area (Å²) >= 11 is 0. The lowest BCUT2D eigenvalue weighted by atomic mass is 10.1. The zero-order valence-corrected chi connectivity index (χ0v) is 21.9. The second-order valence-corrected chi connectivity index (χ2v) is 10.5. The SMILES string of the molecule is COc1ccc(CN2CCN(CCCNS(=O)(=O)c3cccc4cnccc34)CC2)c(OC)c1OC. The first-order chi connectivity index (χ1) is 17.5. The molecule has 2 aromatic carbocycles. The molecule has 1 saturated heterocycles. The third-order valence-corrected chi connectivity index (χ3v) is 8.04. The summed E-state index contributed by atoms with van der Waals surface area (Å²) in [6.45, 7) is 5.71. The molecule has 0 bridgehead atoms. The van der Waals surface area contributed by atoms with Crippen LogP contribution >= 0.6 is 0 Å². The molecule has 0 amide bonds. The second kappa shape index (κ2) is 11.9. The Morgan fingerprint density at radius 3 is 2.39 bits per heavy atom. The molecule has 1 aliphatic rings. The topological polar surface area (TPSA) is 93.2 Å². The number of piperazine rings is 1. The summed E-state index contributed by atoms with van der Waals surface area (Å²) in [5.41, 5.74) is 1.06. The molecule has 0 spiro atoms. The molecule has 194 valence electrons. The Labute approximate surface area is 213 Å². The van der Waals surface area contributed by atoms with E-state index in [0.717, 1.165) is 56.6 Å². The summed E-state index contributed by atoms with van der Waals surface area (Å²) in [6, 6.07) is 10.9. The molecule has 1 fully saturated rings. The Morgan fingerprint density at radius 1 is 0.917 bits per heavy atom. The van der Waals surface area contributed by atoms with Gasteiger partial charge in [0.15, 0.2) is 11.5 Å². The van der Waals surface area contributed by atoms with Crippen LogP contribution in [0.25, 0.3) is 10.8 Å². The van der Waals surface area contributed by atoms with Crippen LogP contribution in [0.4, 0.5) is 0 Å². The van der Waals surface area contributed by atoms with Crippen molar-refractivity contribution >= 4 is 20.8 Å². The number of hydrogen-bond donors (Lipinski definition) is 1. The third-order valence-electron chi connectivity index (χ3n) is 6.52. The van der Waals surface area contributed by atoms with Crippen molar-refractivity contribution in [3.63, 3.8) is 0 Å². The summed E-state index contributed by atoms with van der Waals surface area (Å²) < 4.78 is 45.0. The molecule has 0 atom stereocenters. The molecule has 0 radical (unpaired) electrons. The molecule has 1 N–H and O–H groups in total. The zero-order chi connectivity index (χ0) is 25.5. The van der Waals surface area contributed by atoms with Gasteiger partial charge in [-0.2, -0.15) is 0 Å². The van der Waals surface area contributed by atoms with Crippen molar-refractivity contribution < 1.29 is 22.6 Å². The maximum atomic E-state index is 12.9. The number of sulfonamides is 1. The molecule has 0 aliphatic carbocycles. The van der Waals surface area contributed by atoms with E-state index in [-0.39, 0.29) is 0 Å². The molecular weight excluding hydrogens is 480 g/mol. The van der Waals surface area contributed by atoms with Gasteiger partial charge in [-0.05, 0) is 31.2 Å². The highest BCUT2D eigenvalue weighted by Gasteiger charge is 2.22. The number of ether oxygens (including phenoxy) is 3. The number of rotatable bonds is 11. The van der Waals surface area contributed by atoms with Crippen LogP contribution in [0.3, 0.4) is 0 Å². The molecule has 0 saturated carbocycles. The van der Waals surface area contributed by atoms with Crippen LogP contribution in [0.1, 0.15) is 12.0 Å². The molecule has 0 unspecified atom stereocenters. The largest absolute Gasteiger partial charge is 0.493 e. The molecule has 3 aromatic rings. The van der Waals surface area contributed by atoms with Crippen molar-refractivity contribution in [2.75, 3.05) is 60.6 Å². The third kappa shape index (κ3) is 5.89. The van der Waals surface area contributed by atoms with Gasteiger partial charge in [-0.15, -0.1) is 0 Å². The maximum Gasteiger partial charge on any atom is 0.241 e. The highest BCUT2D eigenvalue weighted by Crippen LogP contribution is 2.40. The van der Waals surface area contributed by atoms with E-state index in [0.29, 0.717) is 34.1 Å². The van der Waals surface area contributed by atoms with Crippen LogP contribution in [0, 0.1) is 0 Å². The number of pyridine rings is 1. The molecule has 36 heavy (non-hydrogen) atoms. The van der Waals surface area contributed by atoms with Crippen molar-refractivity contribution in [1.29, 1.82) is 0 Å². The minimum absolute atomic E-state index is 0.293. The van der Waals surface area contributed by atoms with Crippen LogP contribution < -0.4 is 18.9 Å². The van der Waals surface area contributed by atoms with Gasteiger partial charge in [-0.25, -0.2) is 13.1 Å². The predicted octanol–water partition coefficient (Wildman–Crippen LogP) is 2.75. The lowest BCUT2D eigenvalue weighted by Crippen LogP contribution is -2.46. The Bertz CT molecular complexity index is 1270. The summed E-state index contributed by atoms with van der Waals surface area (Å²) in [5.74, 6) is 1.96. The first-order valence-electron chi connectivity index (χ1n) is 12.0. The number of nitrogens with zero attached hydrogens (tertiary/aromatic N) is 3. The number of benzene rings is 2. The number of nitrogens with one attached hydrogen (secondary N) is 1. The number of aromatic nitrogens is 1. The van der Waals surface area contributed by atoms with Gasteiger partial charge in [0, 0.05) is 68.0 Å². The fourth-order valence-electron chi connectivity index (χ4n) is 4.61. The van der Waals surface area contributed by atoms with Crippen LogP contribution in [-0.4, -0.2) is 83.8 Å². The minimum Gasteiger partial charge on any atom is -0.493 e. The first kappa shape index (κ1) is 26.2. The Hall–Kier alpha value is -2.92. The average Bonchev–Trinajstić information content (AvgIpc) is 2.91. The van der Waals surface area contributed by atoms with Crippen LogP contribution in [-0.2, 0) is 16.6 Å². The van der Waals surface area contributed by atoms with Gasteiger partial charge in [-0.3, -0.25) is 9.88 Å². The normalized spacial score (nSPS) is 15.2. The Morgan fingerprint density at radius 2 is 1.67 bits per heavy atom. The fourth-order valence-corrected chi connectivity index (χ4v) is 5.92. The van der Waals surface area contributed by atoms with Crippen LogP contribution in [0.2, 0.25) is 0 Å². The summed E-state index contributed by atoms with van der Waals surface area (Å²) in [6.07, 6.45) is 4.03. The average molecular weight is 515 g/mol. The minimum atomic E-state index is -3.59. The van der Waals surface area contributed by atoms with Crippen molar-refractivity contribution in [2.45, 2.75) is 17.9 Å². The van der Waals surface area contributed by atoms with Crippen LogP contribution in [0.15, 0.2) is 53.7 Å². The quantitative estimate of drug-likeness (QED) is 0.391. The van der Waals surface area contributed by atoms with Crippen molar-refractivity contribution in [1.82, 2.24) is 19.5 Å². The molecule has 4 rings (SSSR count). The Balaban J connectivity index is 1.25. The van der Waals surface area contributed by atoms with Crippen molar-refractivity contribution in [3.05, 3.63) is 54.4 Å². The van der Waals surface area contributed by atoms with Crippen molar-refractivity contribution in [3.8, 4) is 17.2 Å². The molecule has 10 heteroatoms. The van der Waals surface area contributed by atoms with E-state index < -0.39 is 10.0 Å². The van der Waals surface area contributed by atoms with Crippen molar-refractivity contribution in [2.24, 2.45) is 0 Å². The molecule has 2 heterocycles. The number of fused-ring (bicyclic) bond motifs is 1. The van der Waals surface area contributed by atoms with E-state index in [1.807, 2.05) is 18.2 Å². The first-order valence-corrected chi connectivity index (χ1v) is 13.5. The van der Waals surface area contributed by atoms with E-state index in [9.17, 15) is 8.42 Å². The highest BCUT2D eigenvalue weighted by molar-refractivity contribution is 7.89. The van der Waals surface area contributed by atoms with Gasteiger partial charge >= 0.3 is 0 Å². The van der Waals surface area contributed by atoms with E-state index in [4.69, 9.17) is 14.2 Å². The smallest absolute Gasteiger partial charge is 0.241 e. The fraction of sp³-hybridized carbons (Fsp3) is 0.423. The molecule has 9 nitrogen and oxygen atoms in total. The van der Waals surface area contributed by atoms with Gasteiger partial charge in [-0.1, -0.05) is 18.2 Å². The lowest BCUT2D eigenvalue weighted by Gasteiger charge is -2.35. The molecular formula is C26H34N4O5S. The monoisotopic (exact) mass is 514 g/mol. The maximum absolute atomic E-state index is 12.9. The second-order valence-electron chi connectivity index (χ2n) is 8.72. The number of methoxy groups -OCH3 is 3. The van der Waals surface area contributed by atoms with E-state index in [1.165, 1.54) is 0 Å². The van der Waals surface area contributed by atoms with Crippen LogP contribution in [0.5, 0.6) is 17.2 Å². The van der Waals surface area contributed by atoms with Gasteiger partial charge < -0.3 is 19.1 Å². The highest BCUT2D eigenvalue weighted by atomic mass is 32.2. The lowest BCUT2D eigenvalue weighted by molar-refractivity contribution is 0.125. The van der Waals surface area contributed by atoms with Gasteiger partial charge in [0.05, 0.1) is 26.2 Å².